The fraction of sp³-hybridized carbons (Fsp3) is 0.320. The molecule has 1 aliphatic heterocycles. The van der Waals surface area contributed by atoms with Gasteiger partial charge in [-0.25, -0.2) is 12.8 Å². The Hall–Kier alpha value is -2.81. The van der Waals surface area contributed by atoms with Crippen molar-refractivity contribution in [3.63, 3.8) is 0 Å². The molecule has 0 radical (unpaired) electrons. The number of hydrogen-bond acceptors (Lipinski definition) is 5. The van der Waals surface area contributed by atoms with Crippen molar-refractivity contribution in [1.82, 2.24) is 4.31 Å². The molecule has 2 N–H and O–H groups in total. The summed E-state index contributed by atoms with van der Waals surface area (Å²) < 4.78 is 46.7. The monoisotopic (exact) mass is 470 g/mol. The smallest absolute Gasteiger partial charge is 0.324 e. The Balaban J connectivity index is 1.50. The summed E-state index contributed by atoms with van der Waals surface area (Å²) in [6.45, 7) is 2.15. The van der Waals surface area contributed by atoms with Gasteiger partial charge in [0.1, 0.15) is 11.9 Å². The van der Waals surface area contributed by atoms with Crippen LogP contribution in [0.15, 0.2) is 71.6 Å². The van der Waals surface area contributed by atoms with Crippen LogP contribution in [0.2, 0.25) is 0 Å². The predicted molar refractivity (Wildman–Crippen MR) is 124 cm³/mol. The maximum Gasteiger partial charge on any atom is 0.324 e. The zero-order chi connectivity index (χ0) is 23.6. The Morgan fingerprint density at radius 1 is 1.12 bits per heavy atom. The summed E-state index contributed by atoms with van der Waals surface area (Å²) in [6.07, 6.45) is 0.245. The number of esters is 1. The Labute approximate surface area is 193 Å². The molecule has 0 aliphatic carbocycles. The van der Waals surface area contributed by atoms with E-state index in [0.29, 0.717) is 12.8 Å². The third-order valence-electron chi connectivity index (χ3n) is 5.99. The fourth-order valence-electron chi connectivity index (χ4n) is 4.14. The molecule has 3 atom stereocenters. The highest BCUT2D eigenvalue weighted by atomic mass is 32.2. The van der Waals surface area contributed by atoms with Crippen LogP contribution in [0, 0.1) is 11.7 Å². The first-order chi connectivity index (χ1) is 15.7. The number of fused-ring (bicyclic) bond motifs is 1. The second kappa shape index (κ2) is 9.59. The number of ether oxygens (including phenoxy) is 1. The van der Waals surface area contributed by atoms with Gasteiger partial charge in [-0.1, -0.05) is 55.5 Å². The van der Waals surface area contributed by atoms with E-state index in [1.54, 1.807) is 0 Å². The number of halogens is 1. The summed E-state index contributed by atoms with van der Waals surface area (Å²) in [5.41, 5.74) is 7.03. The first-order valence-corrected chi connectivity index (χ1v) is 12.4. The first kappa shape index (κ1) is 23.4. The molecule has 3 aromatic rings. The number of rotatable bonds is 6. The minimum Gasteiger partial charge on any atom is -0.444 e. The quantitative estimate of drug-likeness (QED) is 0.553. The molecule has 3 aromatic carbocycles. The average molecular weight is 471 g/mol. The summed E-state index contributed by atoms with van der Waals surface area (Å²) in [5, 5.41) is 2.14. The molecule has 1 heterocycles. The van der Waals surface area contributed by atoms with E-state index in [9.17, 15) is 17.6 Å². The van der Waals surface area contributed by atoms with Crippen molar-refractivity contribution < 1.29 is 22.3 Å². The molecule has 1 fully saturated rings. The van der Waals surface area contributed by atoms with E-state index in [4.69, 9.17) is 10.5 Å². The molecule has 174 valence electrons. The van der Waals surface area contributed by atoms with Gasteiger partial charge in [0.15, 0.2) is 6.23 Å². The van der Waals surface area contributed by atoms with Gasteiger partial charge in [0.05, 0.1) is 4.90 Å². The van der Waals surface area contributed by atoms with Crippen LogP contribution < -0.4 is 5.73 Å². The molecule has 8 heteroatoms. The van der Waals surface area contributed by atoms with Crippen LogP contribution in [0.3, 0.4) is 0 Å². The van der Waals surface area contributed by atoms with Crippen LogP contribution in [0.1, 0.15) is 25.3 Å². The van der Waals surface area contributed by atoms with E-state index in [-0.39, 0.29) is 23.8 Å². The van der Waals surface area contributed by atoms with Crippen molar-refractivity contribution in [1.29, 1.82) is 0 Å². The second-order valence-electron chi connectivity index (χ2n) is 8.59. The van der Waals surface area contributed by atoms with Gasteiger partial charge in [0.25, 0.3) is 0 Å². The summed E-state index contributed by atoms with van der Waals surface area (Å²) in [4.78, 5) is 12.7. The van der Waals surface area contributed by atoms with Crippen LogP contribution in [-0.4, -0.2) is 37.5 Å². The molecular weight excluding hydrogens is 443 g/mol. The Bertz CT molecular complexity index is 1260. The third-order valence-corrected chi connectivity index (χ3v) is 7.88. The SMILES string of the molecule is CC1CCN(S(=O)(=O)c2cccc(F)c2)C(OC(=O)[C@@H](N)Cc2ccc3ccccc3c2)C1. The zero-order valence-corrected chi connectivity index (χ0v) is 19.2. The van der Waals surface area contributed by atoms with Gasteiger partial charge >= 0.3 is 5.97 Å². The number of piperidine rings is 1. The van der Waals surface area contributed by atoms with Crippen LogP contribution in [0.5, 0.6) is 0 Å². The highest BCUT2D eigenvalue weighted by Crippen LogP contribution is 2.29. The molecule has 1 saturated heterocycles. The van der Waals surface area contributed by atoms with Crippen molar-refractivity contribution >= 4 is 26.8 Å². The highest BCUT2D eigenvalue weighted by Gasteiger charge is 2.38. The second-order valence-corrected chi connectivity index (χ2v) is 10.5. The molecule has 33 heavy (non-hydrogen) atoms. The minimum absolute atomic E-state index is 0.165. The van der Waals surface area contributed by atoms with E-state index >= 15 is 0 Å². The lowest BCUT2D eigenvalue weighted by atomic mass is 9.99. The average Bonchev–Trinajstić information content (AvgIpc) is 2.79. The summed E-state index contributed by atoms with van der Waals surface area (Å²) in [7, 11) is -4.04. The van der Waals surface area contributed by atoms with E-state index < -0.39 is 34.1 Å². The van der Waals surface area contributed by atoms with Crippen molar-refractivity contribution in [2.24, 2.45) is 11.7 Å². The normalized spacial score (nSPS) is 20.5. The largest absolute Gasteiger partial charge is 0.444 e. The van der Waals surface area contributed by atoms with Gasteiger partial charge in [0.2, 0.25) is 10.0 Å². The van der Waals surface area contributed by atoms with E-state index in [1.807, 2.05) is 49.4 Å². The summed E-state index contributed by atoms with van der Waals surface area (Å²) >= 11 is 0. The maximum absolute atomic E-state index is 13.7. The van der Waals surface area contributed by atoms with Crippen LogP contribution in [0.4, 0.5) is 4.39 Å². The molecule has 0 saturated carbocycles. The van der Waals surface area contributed by atoms with Gasteiger partial charge < -0.3 is 10.5 Å². The molecule has 1 aliphatic rings. The van der Waals surface area contributed by atoms with E-state index in [2.05, 4.69) is 0 Å². The number of nitrogens with two attached hydrogens (primary N) is 1. The maximum atomic E-state index is 13.7. The number of carbonyl (C=O) groups is 1. The molecule has 2 unspecified atom stereocenters. The van der Waals surface area contributed by atoms with Gasteiger partial charge in [-0.2, -0.15) is 4.31 Å². The van der Waals surface area contributed by atoms with Crippen molar-refractivity contribution in [2.75, 3.05) is 6.54 Å². The van der Waals surface area contributed by atoms with E-state index in [0.717, 1.165) is 26.7 Å². The van der Waals surface area contributed by atoms with Crippen LogP contribution >= 0.6 is 0 Å². The number of hydrogen-bond donors (Lipinski definition) is 1. The Morgan fingerprint density at radius 2 is 1.88 bits per heavy atom. The first-order valence-electron chi connectivity index (χ1n) is 11.0. The topological polar surface area (TPSA) is 89.7 Å². The Kier molecular flexibility index (Phi) is 6.78. The van der Waals surface area contributed by atoms with E-state index in [1.165, 1.54) is 18.2 Å². The molecule has 0 spiro atoms. The lowest BCUT2D eigenvalue weighted by Gasteiger charge is -2.37. The van der Waals surface area contributed by atoms with Gasteiger partial charge in [-0.3, -0.25) is 4.79 Å². The number of carbonyl (C=O) groups excluding carboxylic acids is 1. The molecule has 0 amide bonds. The predicted octanol–water partition coefficient (Wildman–Crippen LogP) is 3.84. The standard InChI is InChI=1S/C25H27FN2O4S/c1-17-11-12-28(33(30,31)22-8-4-7-21(26)16-22)24(13-17)32-25(29)23(27)15-18-9-10-19-5-2-3-6-20(19)14-18/h2-10,14,16-17,23-24H,11-13,15,27H2,1H3/t17?,23-,24?/m0/s1. The number of benzene rings is 3. The molecule has 4 rings (SSSR count). The number of sulfonamides is 1. The van der Waals surface area contributed by atoms with Crippen molar-refractivity contribution in [3.8, 4) is 0 Å². The van der Waals surface area contributed by atoms with Gasteiger partial charge in [-0.05, 0) is 53.3 Å². The molecule has 0 bridgehead atoms. The van der Waals surface area contributed by atoms with Crippen molar-refractivity contribution in [3.05, 3.63) is 78.1 Å². The zero-order valence-electron chi connectivity index (χ0n) is 18.4. The molecule has 0 aromatic heterocycles. The summed E-state index contributed by atoms with van der Waals surface area (Å²) in [5.74, 6) is -1.15. The number of nitrogens with zero attached hydrogens (tertiary/aromatic N) is 1. The fourth-order valence-corrected chi connectivity index (χ4v) is 5.71. The molecular formula is C25H27FN2O4S. The van der Waals surface area contributed by atoms with Gasteiger partial charge in [-0.15, -0.1) is 0 Å². The Morgan fingerprint density at radius 3 is 2.64 bits per heavy atom. The van der Waals surface area contributed by atoms with Crippen LogP contribution in [-0.2, 0) is 26.0 Å². The van der Waals surface area contributed by atoms with Crippen molar-refractivity contribution in [2.45, 2.75) is 43.4 Å². The highest BCUT2D eigenvalue weighted by molar-refractivity contribution is 7.89. The third kappa shape index (κ3) is 5.24. The summed E-state index contributed by atoms with van der Waals surface area (Å²) in [6, 6.07) is 17.6. The lowest BCUT2D eigenvalue weighted by Crippen LogP contribution is -2.49. The molecule has 6 nitrogen and oxygen atoms in total. The lowest BCUT2D eigenvalue weighted by molar-refractivity contribution is -0.159. The van der Waals surface area contributed by atoms with Gasteiger partial charge in [0, 0.05) is 13.0 Å². The minimum atomic E-state index is -4.04. The van der Waals surface area contributed by atoms with Crippen LogP contribution in [0.25, 0.3) is 10.8 Å².